The van der Waals surface area contributed by atoms with Gasteiger partial charge in [-0.2, -0.15) is 0 Å². The number of tetrazole rings is 1. The van der Waals surface area contributed by atoms with Crippen LogP contribution < -0.4 is 5.32 Å². The van der Waals surface area contributed by atoms with Crippen LogP contribution in [0.15, 0.2) is 5.16 Å². The van der Waals surface area contributed by atoms with Crippen LogP contribution in [0.3, 0.4) is 0 Å². The molecule has 0 aliphatic heterocycles. The van der Waals surface area contributed by atoms with Gasteiger partial charge in [0.25, 0.3) is 0 Å². The molecule has 1 heterocycles. The molecule has 2 fully saturated rings. The number of aromatic nitrogens is 4. The minimum absolute atomic E-state index is 0.197. The average Bonchev–Trinajstić information content (AvgIpc) is 3.40. The van der Waals surface area contributed by atoms with E-state index in [2.05, 4.69) is 20.8 Å². The summed E-state index contributed by atoms with van der Waals surface area (Å²) in [6.45, 7) is 1.92. The summed E-state index contributed by atoms with van der Waals surface area (Å²) in [5.41, 5.74) is -0.624. The Hall–Kier alpha value is -1.15. The maximum absolute atomic E-state index is 12.0. The van der Waals surface area contributed by atoms with Gasteiger partial charge in [-0.1, -0.05) is 11.8 Å². The lowest BCUT2D eigenvalue weighted by Gasteiger charge is -2.27. The maximum atomic E-state index is 12.0. The number of hydrogen-bond donors (Lipinski definition) is 1. The molecule has 1 aromatic heterocycles. The van der Waals surface area contributed by atoms with Crippen LogP contribution in [0, 0.1) is 0 Å². The van der Waals surface area contributed by atoms with Crippen LogP contribution in [0.25, 0.3) is 0 Å². The third-order valence-corrected chi connectivity index (χ3v) is 4.86. The van der Waals surface area contributed by atoms with Gasteiger partial charge in [0.1, 0.15) is 5.54 Å². The van der Waals surface area contributed by atoms with Crippen molar-refractivity contribution in [2.45, 2.75) is 61.8 Å². The molecule has 7 nitrogen and oxygen atoms in total. The van der Waals surface area contributed by atoms with Crippen molar-refractivity contribution in [2.24, 2.45) is 0 Å². The molecule has 0 saturated heterocycles. The van der Waals surface area contributed by atoms with Gasteiger partial charge in [0.2, 0.25) is 5.16 Å². The lowest BCUT2D eigenvalue weighted by atomic mass is 9.99. The third-order valence-electron chi connectivity index (χ3n) is 3.92. The largest absolute Gasteiger partial charge is 0.468 e. The number of rotatable bonds is 8. The summed E-state index contributed by atoms with van der Waals surface area (Å²) in [6, 6.07) is 0.926. The van der Waals surface area contributed by atoms with Gasteiger partial charge >= 0.3 is 5.97 Å². The zero-order valence-electron chi connectivity index (χ0n) is 12.4. The van der Waals surface area contributed by atoms with Crippen LogP contribution in [-0.4, -0.2) is 50.6 Å². The highest BCUT2D eigenvalue weighted by atomic mass is 32.2. The SMILES string of the molecule is COC(=O)C(C)(CCSc1nnnn1C1CC1)NC1CC1. The summed E-state index contributed by atoms with van der Waals surface area (Å²) in [5.74, 6) is 0.579. The first-order chi connectivity index (χ1) is 10.1. The smallest absolute Gasteiger partial charge is 0.325 e. The van der Waals surface area contributed by atoms with Crippen molar-refractivity contribution in [3.05, 3.63) is 0 Å². The number of ether oxygens (including phenoxy) is 1. The van der Waals surface area contributed by atoms with Crippen LogP contribution in [0.4, 0.5) is 0 Å². The zero-order valence-corrected chi connectivity index (χ0v) is 13.2. The summed E-state index contributed by atoms with van der Waals surface area (Å²) < 4.78 is 6.84. The summed E-state index contributed by atoms with van der Waals surface area (Å²) in [4.78, 5) is 12.0. The maximum Gasteiger partial charge on any atom is 0.325 e. The van der Waals surface area contributed by atoms with Crippen molar-refractivity contribution in [1.82, 2.24) is 25.5 Å². The molecule has 116 valence electrons. The Bertz CT molecular complexity index is 514. The molecule has 0 spiro atoms. The Morgan fingerprint density at radius 2 is 2.24 bits per heavy atom. The zero-order chi connectivity index (χ0) is 14.9. The Kier molecular flexibility index (Phi) is 4.17. The Balaban J connectivity index is 1.55. The van der Waals surface area contributed by atoms with E-state index in [1.165, 1.54) is 7.11 Å². The normalized spacial score (nSPS) is 21.0. The van der Waals surface area contributed by atoms with Gasteiger partial charge in [0.05, 0.1) is 13.2 Å². The molecule has 0 bridgehead atoms. The van der Waals surface area contributed by atoms with E-state index in [9.17, 15) is 4.79 Å². The summed E-state index contributed by atoms with van der Waals surface area (Å²) in [5, 5.41) is 16.1. The highest BCUT2D eigenvalue weighted by molar-refractivity contribution is 7.99. The molecule has 2 aliphatic carbocycles. The first-order valence-corrected chi connectivity index (χ1v) is 8.38. The van der Waals surface area contributed by atoms with E-state index >= 15 is 0 Å². The molecular formula is C13H21N5O2S. The molecular weight excluding hydrogens is 290 g/mol. The predicted octanol–water partition coefficient (Wildman–Crippen LogP) is 1.17. The summed E-state index contributed by atoms with van der Waals surface area (Å²) in [6.07, 6.45) is 5.28. The Labute approximate surface area is 128 Å². The van der Waals surface area contributed by atoms with Crippen LogP contribution in [-0.2, 0) is 9.53 Å². The van der Waals surface area contributed by atoms with Crippen molar-refractivity contribution >= 4 is 17.7 Å². The van der Waals surface area contributed by atoms with Gasteiger partial charge in [0, 0.05) is 11.8 Å². The number of carbonyl (C=O) groups excluding carboxylic acids is 1. The predicted molar refractivity (Wildman–Crippen MR) is 78.0 cm³/mol. The van der Waals surface area contributed by atoms with Gasteiger partial charge in [0.15, 0.2) is 0 Å². The third kappa shape index (κ3) is 3.55. The van der Waals surface area contributed by atoms with Crippen molar-refractivity contribution < 1.29 is 9.53 Å². The van der Waals surface area contributed by atoms with Crippen LogP contribution >= 0.6 is 11.8 Å². The molecule has 1 unspecified atom stereocenters. The summed E-state index contributed by atoms with van der Waals surface area (Å²) >= 11 is 1.60. The first kappa shape index (κ1) is 14.8. The first-order valence-electron chi connectivity index (χ1n) is 7.39. The lowest BCUT2D eigenvalue weighted by molar-refractivity contribution is -0.148. The monoisotopic (exact) mass is 311 g/mol. The van der Waals surface area contributed by atoms with Crippen molar-refractivity contribution in [2.75, 3.05) is 12.9 Å². The fraction of sp³-hybridized carbons (Fsp3) is 0.846. The van der Waals surface area contributed by atoms with Crippen molar-refractivity contribution in [1.29, 1.82) is 0 Å². The Morgan fingerprint density at radius 1 is 1.48 bits per heavy atom. The van der Waals surface area contributed by atoms with Crippen LogP contribution in [0.5, 0.6) is 0 Å². The lowest BCUT2D eigenvalue weighted by Crippen LogP contribution is -2.51. The Morgan fingerprint density at radius 3 is 2.86 bits per heavy atom. The molecule has 3 rings (SSSR count). The number of hydrogen-bond acceptors (Lipinski definition) is 7. The van der Waals surface area contributed by atoms with E-state index < -0.39 is 5.54 Å². The molecule has 1 aromatic rings. The topological polar surface area (TPSA) is 81.9 Å². The molecule has 0 radical (unpaired) electrons. The van der Waals surface area contributed by atoms with E-state index in [1.54, 1.807) is 11.8 Å². The van der Waals surface area contributed by atoms with Crippen molar-refractivity contribution in [3.63, 3.8) is 0 Å². The van der Waals surface area contributed by atoms with E-state index in [0.29, 0.717) is 18.5 Å². The van der Waals surface area contributed by atoms with Gasteiger partial charge in [-0.15, -0.1) is 5.10 Å². The number of thioether (sulfide) groups is 1. The second kappa shape index (κ2) is 5.92. The van der Waals surface area contributed by atoms with Crippen LogP contribution in [0.2, 0.25) is 0 Å². The quantitative estimate of drug-likeness (QED) is 0.570. The molecule has 1 atom stereocenters. The van der Waals surface area contributed by atoms with E-state index in [1.807, 2.05) is 11.6 Å². The second-order valence-corrected chi connectivity index (χ2v) is 7.04. The molecule has 0 amide bonds. The molecule has 2 saturated carbocycles. The number of nitrogens with zero attached hydrogens (tertiary/aromatic N) is 4. The number of carbonyl (C=O) groups is 1. The van der Waals surface area contributed by atoms with E-state index in [4.69, 9.17) is 4.74 Å². The van der Waals surface area contributed by atoms with Gasteiger partial charge in [-0.25, -0.2) is 4.68 Å². The molecule has 8 heteroatoms. The second-order valence-electron chi connectivity index (χ2n) is 5.98. The van der Waals surface area contributed by atoms with Crippen LogP contribution in [0.1, 0.15) is 45.1 Å². The van der Waals surface area contributed by atoms with E-state index in [-0.39, 0.29) is 5.97 Å². The minimum Gasteiger partial charge on any atom is -0.468 e. The highest BCUT2D eigenvalue weighted by Gasteiger charge is 2.39. The number of methoxy groups -OCH3 is 1. The number of esters is 1. The standard InChI is InChI=1S/C13H21N5O2S/c1-13(11(19)20-2,14-9-3-4-9)7-8-21-12-15-16-17-18(12)10-5-6-10/h9-10,14H,3-8H2,1-2H3. The highest BCUT2D eigenvalue weighted by Crippen LogP contribution is 2.36. The molecule has 21 heavy (non-hydrogen) atoms. The molecule has 0 aromatic carbocycles. The fourth-order valence-electron chi connectivity index (χ4n) is 2.31. The van der Waals surface area contributed by atoms with Gasteiger partial charge in [-0.05, 0) is 49.5 Å². The minimum atomic E-state index is -0.624. The summed E-state index contributed by atoms with van der Waals surface area (Å²) in [7, 11) is 1.44. The molecule has 1 N–H and O–H groups in total. The molecule has 2 aliphatic rings. The average molecular weight is 311 g/mol. The fourth-order valence-corrected chi connectivity index (χ4v) is 3.42. The van der Waals surface area contributed by atoms with Gasteiger partial charge in [-0.3, -0.25) is 10.1 Å². The number of nitrogens with one attached hydrogen (secondary N) is 1. The van der Waals surface area contributed by atoms with Gasteiger partial charge < -0.3 is 4.74 Å². The van der Waals surface area contributed by atoms with Crippen molar-refractivity contribution in [3.8, 4) is 0 Å². The van der Waals surface area contributed by atoms with E-state index in [0.717, 1.165) is 36.6 Å².